The summed E-state index contributed by atoms with van der Waals surface area (Å²) in [5.74, 6) is 1.71. The van der Waals surface area contributed by atoms with E-state index in [4.69, 9.17) is 0 Å². The van der Waals surface area contributed by atoms with E-state index in [1.165, 1.54) is 22.3 Å². The highest BCUT2D eigenvalue weighted by Gasteiger charge is 2.13. The van der Waals surface area contributed by atoms with Gasteiger partial charge in [0.15, 0.2) is 0 Å². The Morgan fingerprint density at radius 1 is 0.750 bits per heavy atom. The average Bonchev–Trinajstić information content (AvgIpc) is 2.16. The van der Waals surface area contributed by atoms with E-state index in [9.17, 15) is 0 Å². The highest BCUT2D eigenvalue weighted by Crippen LogP contribution is 2.31. The minimum atomic E-state index is 0.559. The van der Waals surface area contributed by atoms with E-state index < -0.39 is 0 Å². The van der Waals surface area contributed by atoms with Crippen LogP contribution in [0.2, 0.25) is 0 Å². The Bertz CT molecular complexity index is 327. The second kappa shape index (κ2) is 5.03. The third kappa shape index (κ3) is 2.66. The molecule has 0 aliphatic heterocycles. The lowest BCUT2D eigenvalue weighted by molar-refractivity contribution is 0.798. The maximum atomic E-state index is 4.26. The van der Waals surface area contributed by atoms with Crippen molar-refractivity contribution in [3.8, 4) is 0 Å². The molecule has 0 amide bonds. The molecule has 1 aromatic rings. The molecule has 0 spiro atoms. The van der Waals surface area contributed by atoms with E-state index in [1.54, 1.807) is 0 Å². The smallest absolute Gasteiger partial charge is 0.0216 e. The van der Waals surface area contributed by atoms with E-state index in [-0.39, 0.29) is 0 Å². The highest BCUT2D eigenvalue weighted by molar-refractivity contribution is 5.45. The first-order chi connectivity index (χ1) is 7.34. The molecule has 0 aromatic heterocycles. The van der Waals surface area contributed by atoms with Crippen molar-refractivity contribution < 1.29 is 0 Å². The SMILES string of the molecule is [CH2]c1c(C(C)C)cc(C(C)C)cc1C(C)C. The number of rotatable bonds is 3. The summed E-state index contributed by atoms with van der Waals surface area (Å²) in [5.41, 5.74) is 5.51. The number of hydrogen-bond donors (Lipinski definition) is 0. The Morgan fingerprint density at radius 2 is 1.12 bits per heavy atom. The summed E-state index contributed by atoms with van der Waals surface area (Å²) in [4.78, 5) is 0. The summed E-state index contributed by atoms with van der Waals surface area (Å²) < 4.78 is 0. The quantitative estimate of drug-likeness (QED) is 0.649. The van der Waals surface area contributed by atoms with Crippen LogP contribution in [-0.4, -0.2) is 0 Å². The Kier molecular flexibility index (Phi) is 4.18. The monoisotopic (exact) mass is 217 g/mol. The summed E-state index contributed by atoms with van der Waals surface area (Å²) >= 11 is 0. The molecule has 0 nitrogen and oxygen atoms in total. The van der Waals surface area contributed by atoms with Crippen molar-refractivity contribution in [2.24, 2.45) is 0 Å². The Hall–Kier alpha value is -0.780. The van der Waals surface area contributed by atoms with E-state index in [0.29, 0.717) is 17.8 Å². The molecule has 16 heavy (non-hydrogen) atoms. The Balaban J connectivity index is 3.39. The van der Waals surface area contributed by atoms with Gasteiger partial charge in [0.2, 0.25) is 0 Å². The summed E-state index contributed by atoms with van der Waals surface area (Å²) in [6.07, 6.45) is 0. The van der Waals surface area contributed by atoms with E-state index >= 15 is 0 Å². The van der Waals surface area contributed by atoms with Crippen LogP contribution in [0, 0.1) is 6.92 Å². The fourth-order valence-electron chi connectivity index (χ4n) is 2.11. The van der Waals surface area contributed by atoms with Gasteiger partial charge in [0.05, 0.1) is 0 Å². The molecule has 0 aliphatic rings. The van der Waals surface area contributed by atoms with Crippen LogP contribution in [-0.2, 0) is 0 Å². The van der Waals surface area contributed by atoms with Crippen LogP contribution in [0.15, 0.2) is 12.1 Å². The first-order valence-electron chi connectivity index (χ1n) is 6.34. The molecule has 0 saturated heterocycles. The van der Waals surface area contributed by atoms with E-state index in [2.05, 4.69) is 60.6 Å². The van der Waals surface area contributed by atoms with Crippen LogP contribution in [0.4, 0.5) is 0 Å². The molecule has 0 heterocycles. The van der Waals surface area contributed by atoms with Gasteiger partial charge in [0.25, 0.3) is 0 Å². The first kappa shape index (κ1) is 13.3. The standard InChI is InChI=1S/C16H25/c1-10(2)14-8-15(11(3)4)13(7)16(9-14)12(5)6/h8-12H,7H2,1-6H3. The molecule has 0 fully saturated rings. The van der Waals surface area contributed by atoms with Crippen LogP contribution in [0.25, 0.3) is 0 Å². The van der Waals surface area contributed by atoms with E-state index in [0.717, 1.165) is 0 Å². The summed E-state index contributed by atoms with van der Waals surface area (Å²) in [6, 6.07) is 4.67. The highest BCUT2D eigenvalue weighted by atomic mass is 14.2. The van der Waals surface area contributed by atoms with Crippen molar-refractivity contribution in [3.63, 3.8) is 0 Å². The summed E-state index contributed by atoms with van der Waals surface area (Å²) in [7, 11) is 0. The van der Waals surface area contributed by atoms with Crippen LogP contribution in [0.5, 0.6) is 0 Å². The van der Waals surface area contributed by atoms with Gasteiger partial charge in [0, 0.05) is 0 Å². The fraction of sp³-hybridized carbons (Fsp3) is 0.562. The van der Waals surface area contributed by atoms with Crippen molar-refractivity contribution in [1.29, 1.82) is 0 Å². The van der Waals surface area contributed by atoms with Gasteiger partial charge in [-0.05, 0) is 46.9 Å². The summed E-state index contributed by atoms with van der Waals surface area (Å²) in [5, 5.41) is 0. The first-order valence-corrected chi connectivity index (χ1v) is 6.34. The molecule has 0 N–H and O–H groups in total. The molecule has 89 valence electrons. The van der Waals surface area contributed by atoms with Gasteiger partial charge < -0.3 is 0 Å². The number of hydrogen-bond acceptors (Lipinski definition) is 0. The van der Waals surface area contributed by atoms with Gasteiger partial charge in [-0.15, -0.1) is 0 Å². The van der Waals surface area contributed by atoms with Gasteiger partial charge >= 0.3 is 0 Å². The van der Waals surface area contributed by atoms with Crippen molar-refractivity contribution >= 4 is 0 Å². The van der Waals surface area contributed by atoms with Crippen LogP contribution in [0.1, 0.15) is 81.5 Å². The molecule has 0 unspecified atom stereocenters. The van der Waals surface area contributed by atoms with Gasteiger partial charge in [-0.1, -0.05) is 53.7 Å². The molecule has 0 heteroatoms. The van der Waals surface area contributed by atoms with Gasteiger partial charge in [0.1, 0.15) is 0 Å². The largest absolute Gasteiger partial charge is 0.0587 e. The van der Waals surface area contributed by atoms with Gasteiger partial charge in [-0.2, -0.15) is 0 Å². The average molecular weight is 217 g/mol. The lowest BCUT2D eigenvalue weighted by atomic mass is 9.85. The minimum Gasteiger partial charge on any atom is -0.0587 e. The van der Waals surface area contributed by atoms with Crippen LogP contribution < -0.4 is 0 Å². The van der Waals surface area contributed by atoms with Crippen molar-refractivity contribution in [1.82, 2.24) is 0 Å². The topological polar surface area (TPSA) is 0 Å². The summed E-state index contributed by atoms with van der Waals surface area (Å²) in [6.45, 7) is 17.8. The molecule has 0 bridgehead atoms. The third-order valence-electron chi connectivity index (χ3n) is 3.25. The lowest BCUT2D eigenvalue weighted by Gasteiger charge is -2.20. The van der Waals surface area contributed by atoms with Crippen molar-refractivity contribution in [3.05, 3.63) is 41.3 Å². The Morgan fingerprint density at radius 3 is 1.38 bits per heavy atom. The molecule has 0 aliphatic carbocycles. The second-order valence-corrected chi connectivity index (χ2v) is 5.64. The van der Waals surface area contributed by atoms with Gasteiger partial charge in [-0.3, -0.25) is 0 Å². The normalized spacial score (nSPS) is 11.9. The lowest BCUT2D eigenvalue weighted by Crippen LogP contribution is -2.03. The van der Waals surface area contributed by atoms with Gasteiger partial charge in [-0.25, -0.2) is 0 Å². The second-order valence-electron chi connectivity index (χ2n) is 5.64. The van der Waals surface area contributed by atoms with E-state index in [1.807, 2.05) is 0 Å². The zero-order chi connectivity index (χ0) is 12.5. The zero-order valence-electron chi connectivity index (χ0n) is 11.6. The van der Waals surface area contributed by atoms with Crippen molar-refractivity contribution in [2.45, 2.75) is 59.3 Å². The predicted molar refractivity (Wildman–Crippen MR) is 73.2 cm³/mol. The Labute approximate surface area is 101 Å². The fourth-order valence-corrected chi connectivity index (χ4v) is 2.11. The van der Waals surface area contributed by atoms with Crippen LogP contribution >= 0.6 is 0 Å². The maximum absolute atomic E-state index is 4.26. The molecule has 0 atom stereocenters. The van der Waals surface area contributed by atoms with Crippen LogP contribution in [0.3, 0.4) is 0 Å². The maximum Gasteiger partial charge on any atom is -0.0216 e. The molecule has 1 radical (unpaired) electrons. The minimum absolute atomic E-state index is 0.559. The molecular weight excluding hydrogens is 192 g/mol. The molecule has 1 aromatic carbocycles. The predicted octanol–water partition coefficient (Wildman–Crippen LogP) is 5.24. The molecule has 1 rings (SSSR count). The third-order valence-corrected chi connectivity index (χ3v) is 3.25. The van der Waals surface area contributed by atoms with Crippen molar-refractivity contribution in [2.75, 3.05) is 0 Å². The number of benzene rings is 1. The molecular formula is C16H25. The molecule has 0 saturated carbocycles. The zero-order valence-corrected chi connectivity index (χ0v) is 11.6.